The minimum absolute atomic E-state index is 0.111. The number of aryl methyl sites for hydroxylation is 1. The van der Waals surface area contributed by atoms with Gasteiger partial charge in [-0.15, -0.1) is 0 Å². The van der Waals surface area contributed by atoms with E-state index in [1.165, 1.54) is 19.2 Å². The van der Waals surface area contributed by atoms with Crippen LogP contribution in [0.3, 0.4) is 0 Å². The van der Waals surface area contributed by atoms with Crippen molar-refractivity contribution < 1.29 is 23.1 Å². The van der Waals surface area contributed by atoms with Crippen LogP contribution in [0.25, 0.3) is 0 Å². The Morgan fingerprint density at radius 2 is 1.88 bits per heavy atom. The summed E-state index contributed by atoms with van der Waals surface area (Å²) >= 11 is 6.03. The summed E-state index contributed by atoms with van der Waals surface area (Å²) in [7, 11) is -2.50. The molecule has 1 aliphatic carbocycles. The summed E-state index contributed by atoms with van der Waals surface area (Å²) in [5.41, 5.74) is -0.0338. The molecular weight excluding hydrogens is 376 g/mol. The van der Waals surface area contributed by atoms with E-state index in [4.69, 9.17) is 16.3 Å². The normalized spacial score (nSPS) is 25.0. The predicted octanol–water partition coefficient (Wildman–Crippen LogP) is 3.31. The SMILES string of the molecule is COC[C@@]1(C(=O)O)[C@@H](c2cccc(Cl)c2)[C@@H]1S(=O)(=O)c1ccc(C)cc1. The highest BCUT2D eigenvalue weighted by molar-refractivity contribution is 7.92. The molecule has 7 heteroatoms. The van der Waals surface area contributed by atoms with Crippen LogP contribution in [0.4, 0.5) is 0 Å². The first-order chi connectivity index (χ1) is 12.2. The fraction of sp³-hybridized carbons (Fsp3) is 0.316. The molecule has 26 heavy (non-hydrogen) atoms. The standard InChI is InChI=1S/C19H19ClO5S/c1-12-6-8-15(9-7-12)26(23,24)17-16(13-4-3-5-14(20)10-13)19(17,11-25-2)18(21)22/h3-10,16-17H,11H2,1-2H3,(H,21,22)/t16-,17-,19+/m0/s1. The third-order valence-corrected chi connectivity index (χ3v) is 7.45. The van der Waals surface area contributed by atoms with Gasteiger partial charge in [-0.3, -0.25) is 4.79 Å². The minimum atomic E-state index is -3.87. The summed E-state index contributed by atoms with van der Waals surface area (Å²) in [5.74, 6) is -1.92. The zero-order valence-electron chi connectivity index (χ0n) is 14.3. The molecule has 1 N–H and O–H groups in total. The van der Waals surface area contributed by atoms with Crippen LogP contribution in [-0.4, -0.2) is 38.5 Å². The molecule has 2 aromatic carbocycles. The molecule has 3 rings (SSSR count). The lowest BCUT2D eigenvalue weighted by Gasteiger charge is -2.12. The van der Waals surface area contributed by atoms with E-state index in [9.17, 15) is 18.3 Å². The van der Waals surface area contributed by atoms with Crippen LogP contribution in [0.1, 0.15) is 17.0 Å². The summed E-state index contributed by atoms with van der Waals surface area (Å²) in [4.78, 5) is 12.2. The summed E-state index contributed by atoms with van der Waals surface area (Å²) < 4.78 is 31.5. The van der Waals surface area contributed by atoms with E-state index < -0.39 is 32.4 Å². The van der Waals surface area contributed by atoms with Gasteiger partial charge >= 0.3 is 5.97 Å². The molecule has 0 bridgehead atoms. The number of aliphatic carboxylic acids is 1. The van der Waals surface area contributed by atoms with E-state index in [1.807, 2.05) is 6.92 Å². The molecule has 1 saturated carbocycles. The van der Waals surface area contributed by atoms with Crippen LogP contribution in [-0.2, 0) is 19.4 Å². The summed E-state index contributed by atoms with van der Waals surface area (Å²) in [6.45, 7) is 1.66. The molecule has 2 aromatic rings. The van der Waals surface area contributed by atoms with Gasteiger partial charge in [0, 0.05) is 18.1 Å². The molecule has 3 atom stereocenters. The van der Waals surface area contributed by atoms with E-state index in [1.54, 1.807) is 36.4 Å². The second-order valence-corrected chi connectivity index (χ2v) is 9.10. The van der Waals surface area contributed by atoms with Crippen molar-refractivity contribution in [2.45, 2.75) is 23.0 Å². The Labute approximate surface area is 157 Å². The first-order valence-electron chi connectivity index (χ1n) is 8.03. The van der Waals surface area contributed by atoms with Gasteiger partial charge in [0.25, 0.3) is 0 Å². The zero-order chi connectivity index (χ0) is 19.1. The third-order valence-electron chi connectivity index (χ3n) is 4.93. The van der Waals surface area contributed by atoms with E-state index in [-0.39, 0.29) is 11.5 Å². The molecule has 0 spiro atoms. The van der Waals surface area contributed by atoms with Crippen molar-refractivity contribution in [3.05, 3.63) is 64.7 Å². The molecule has 1 fully saturated rings. The summed E-state index contributed by atoms with van der Waals surface area (Å²) in [6.07, 6.45) is 0. The smallest absolute Gasteiger partial charge is 0.314 e. The minimum Gasteiger partial charge on any atom is -0.481 e. The van der Waals surface area contributed by atoms with Crippen LogP contribution in [0.5, 0.6) is 0 Å². The average Bonchev–Trinajstić information content (AvgIpc) is 3.27. The molecular formula is C19H19ClO5S. The fourth-order valence-electron chi connectivity index (χ4n) is 3.63. The number of hydrogen-bond acceptors (Lipinski definition) is 4. The Morgan fingerprint density at radius 1 is 1.23 bits per heavy atom. The van der Waals surface area contributed by atoms with Gasteiger partial charge < -0.3 is 9.84 Å². The number of methoxy groups -OCH3 is 1. The topological polar surface area (TPSA) is 80.7 Å². The summed E-state index contributed by atoms with van der Waals surface area (Å²) in [6, 6.07) is 13.1. The first-order valence-corrected chi connectivity index (χ1v) is 9.96. The van der Waals surface area contributed by atoms with Crippen molar-refractivity contribution in [2.75, 3.05) is 13.7 Å². The summed E-state index contributed by atoms with van der Waals surface area (Å²) in [5, 5.41) is 9.19. The van der Waals surface area contributed by atoms with Gasteiger partial charge in [-0.05, 0) is 36.8 Å². The van der Waals surface area contributed by atoms with Gasteiger partial charge in [0.05, 0.1) is 16.8 Å². The zero-order valence-corrected chi connectivity index (χ0v) is 15.9. The fourth-order valence-corrected chi connectivity index (χ4v) is 6.19. The number of sulfone groups is 1. The van der Waals surface area contributed by atoms with Crippen LogP contribution in [0, 0.1) is 12.3 Å². The number of rotatable bonds is 6. The Balaban J connectivity index is 2.13. The maximum Gasteiger partial charge on any atom is 0.314 e. The van der Waals surface area contributed by atoms with E-state index in [0.29, 0.717) is 10.6 Å². The predicted molar refractivity (Wildman–Crippen MR) is 98.3 cm³/mol. The van der Waals surface area contributed by atoms with E-state index in [2.05, 4.69) is 0 Å². The third kappa shape index (κ3) is 2.92. The van der Waals surface area contributed by atoms with E-state index in [0.717, 1.165) is 5.56 Å². The van der Waals surface area contributed by atoms with Crippen LogP contribution in [0.2, 0.25) is 5.02 Å². The van der Waals surface area contributed by atoms with Crippen molar-refractivity contribution in [3.63, 3.8) is 0 Å². The first kappa shape index (κ1) is 18.9. The second-order valence-electron chi connectivity index (χ2n) is 6.59. The number of benzene rings is 2. The number of hydrogen-bond donors (Lipinski definition) is 1. The van der Waals surface area contributed by atoms with Crippen LogP contribution < -0.4 is 0 Å². The number of halogens is 1. The second kappa shape index (κ2) is 6.68. The maximum atomic E-state index is 13.2. The van der Waals surface area contributed by atoms with Gasteiger partial charge in [-0.1, -0.05) is 41.4 Å². The van der Waals surface area contributed by atoms with Crippen molar-refractivity contribution in [2.24, 2.45) is 5.41 Å². The average molecular weight is 395 g/mol. The largest absolute Gasteiger partial charge is 0.481 e. The molecule has 0 amide bonds. The van der Waals surface area contributed by atoms with Crippen molar-refractivity contribution in [1.82, 2.24) is 0 Å². The van der Waals surface area contributed by atoms with Gasteiger partial charge in [0.1, 0.15) is 5.41 Å². The van der Waals surface area contributed by atoms with Crippen LogP contribution >= 0.6 is 11.6 Å². The Hall–Kier alpha value is -1.89. The molecule has 138 valence electrons. The molecule has 1 aliphatic rings. The van der Waals surface area contributed by atoms with E-state index >= 15 is 0 Å². The van der Waals surface area contributed by atoms with Gasteiger partial charge in [-0.25, -0.2) is 8.42 Å². The molecule has 0 heterocycles. The molecule has 0 aromatic heterocycles. The molecule has 0 unspecified atom stereocenters. The maximum absolute atomic E-state index is 13.2. The number of carboxylic acids is 1. The van der Waals surface area contributed by atoms with Gasteiger partial charge in [0.15, 0.2) is 9.84 Å². The lowest BCUT2D eigenvalue weighted by Crippen LogP contribution is -2.28. The molecule has 0 radical (unpaired) electrons. The van der Waals surface area contributed by atoms with Gasteiger partial charge in [-0.2, -0.15) is 0 Å². The quantitative estimate of drug-likeness (QED) is 0.812. The van der Waals surface area contributed by atoms with Crippen LogP contribution in [0.15, 0.2) is 53.4 Å². The lowest BCUT2D eigenvalue weighted by atomic mass is 10.00. The highest BCUT2D eigenvalue weighted by Gasteiger charge is 2.76. The van der Waals surface area contributed by atoms with Crippen molar-refractivity contribution >= 4 is 27.4 Å². The van der Waals surface area contributed by atoms with Crippen molar-refractivity contribution in [1.29, 1.82) is 0 Å². The highest BCUT2D eigenvalue weighted by Crippen LogP contribution is 2.64. The number of carboxylic acid groups (broad SMARTS) is 1. The molecule has 0 aliphatic heterocycles. The number of carbonyl (C=O) groups is 1. The number of ether oxygens (including phenoxy) is 1. The highest BCUT2D eigenvalue weighted by atomic mass is 35.5. The molecule has 0 saturated heterocycles. The lowest BCUT2D eigenvalue weighted by molar-refractivity contribution is -0.145. The Morgan fingerprint density at radius 3 is 2.42 bits per heavy atom. The monoisotopic (exact) mass is 394 g/mol. The Bertz CT molecular complexity index is 939. The molecule has 5 nitrogen and oxygen atoms in total. The Kier molecular flexibility index (Phi) is 4.86. The van der Waals surface area contributed by atoms with Gasteiger partial charge in [0.2, 0.25) is 0 Å². The van der Waals surface area contributed by atoms with Crippen molar-refractivity contribution in [3.8, 4) is 0 Å².